The van der Waals surface area contributed by atoms with Crippen LogP contribution in [0.4, 0.5) is 0 Å². The lowest BCUT2D eigenvalue weighted by Gasteiger charge is -2.11. The summed E-state index contributed by atoms with van der Waals surface area (Å²) in [5, 5.41) is 4.58. The molecule has 2 nitrogen and oxygen atoms in total. The van der Waals surface area contributed by atoms with Crippen LogP contribution >= 0.6 is 0 Å². The summed E-state index contributed by atoms with van der Waals surface area (Å²) in [6.07, 6.45) is 3.12. The first-order chi connectivity index (χ1) is 10.3. The zero-order chi connectivity index (χ0) is 14.7. The molecule has 3 aromatic rings. The van der Waals surface area contributed by atoms with Crippen LogP contribution < -0.4 is 0 Å². The Bertz CT molecular complexity index is 777. The molecule has 0 spiro atoms. The highest BCUT2D eigenvalue weighted by Gasteiger charge is 2.08. The Morgan fingerprint density at radius 3 is 2.14 bits per heavy atom. The molecular weight excluding hydrogens is 260 g/mol. The second-order valence-electron chi connectivity index (χ2n) is 4.91. The van der Waals surface area contributed by atoms with Gasteiger partial charge in [-0.15, -0.1) is 0 Å². The van der Waals surface area contributed by atoms with E-state index in [4.69, 9.17) is 4.74 Å². The first kappa shape index (κ1) is 13.4. The van der Waals surface area contributed by atoms with E-state index in [1.807, 2.05) is 24.3 Å². The summed E-state index contributed by atoms with van der Waals surface area (Å²) in [4.78, 5) is 11.6. The number of benzene rings is 3. The van der Waals surface area contributed by atoms with Crippen LogP contribution in [0.5, 0.6) is 0 Å². The Kier molecular flexibility index (Phi) is 3.69. The summed E-state index contributed by atoms with van der Waals surface area (Å²) in [5.41, 5.74) is 1.06. The molecule has 0 heterocycles. The number of carbonyl (C=O) groups excluding carboxylic acids is 1. The third-order valence-electron chi connectivity index (χ3n) is 3.54. The van der Waals surface area contributed by atoms with E-state index in [1.165, 1.54) is 6.08 Å². The van der Waals surface area contributed by atoms with Gasteiger partial charge in [0, 0.05) is 11.6 Å². The quantitative estimate of drug-likeness (QED) is 0.396. The van der Waals surface area contributed by atoms with Crippen molar-refractivity contribution in [3.05, 3.63) is 72.3 Å². The van der Waals surface area contributed by atoms with Crippen LogP contribution in [0.2, 0.25) is 0 Å². The maximum Gasteiger partial charge on any atom is 0.330 e. The van der Waals surface area contributed by atoms with Gasteiger partial charge in [0.25, 0.3) is 0 Å². The third kappa shape index (κ3) is 2.65. The van der Waals surface area contributed by atoms with Gasteiger partial charge in [-0.05, 0) is 34.5 Å². The van der Waals surface area contributed by atoms with E-state index < -0.39 is 0 Å². The zero-order valence-electron chi connectivity index (χ0n) is 11.9. The van der Waals surface area contributed by atoms with E-state index in [1.54, 1.807) is 13.0 Å². The van der Waals surface area contributed by atoms with Gasteiger partial charge in [0.15, 0.2) is 0 Å². The van der Waals surface area contributed by atoms with Crippen LogP contribution in [-0.4, -0.2) is 5.97 Å². The molecule has 0 N–H and O–H groups in total. The van der Waals surface area contributed by atoms with Crippen molar-refractivity contribution in [2.45, 2.75) is 13.5 Å². The Hall–Kier alpha value is -2.61. The Balaban J connectivity index is 2.13. The number of carbonyl (C=O) groups is 1. The predicted molar refractivity (Wildman–Crippen MR) is 86.1 cm³/mol. The van der Waals surface area contributed by atoms with E-state index in [9.17, 15) is 4.79 Å². The molecule has 0 fully saturated rings. The topological polar surface area (TPSA) is 26.3 Å². The summed E-state index contributed by atoms with van der Waals surface area (Å²) in [6, 6.07) is 18.5. The van der Waals surface area contributed by atoms with Crippen molar-refractivity contribution < 1.29 is 9.53 Å². The van der Waals surface area contributed by atoms with Crippen LogP contribution in [-0.2, 0) is 16.1 Å². The number of fused-ring (bicyclic) bond motifs is 2. The molecule has 0 aliphatic rings. The monoisotopic (exact) mass is 276 g/mol. The van der Waals surface area contributed by atoms with Crippen molar-refractivity contribution in [1.82, 2.24) is 0 Å². The normalized spacial score (nSPS) is 11.3. The maximum atomic E-state index is 11.6. The zero-order valence-corrected chi connectivity index (χ0v) is 11.9. The summed E-state index contributed by atoms with van der Waals surface area (Å²) in [6.45, 7) is 2.08. The summed E-state index contributed by atoms with van der Waals surface area (Å²) in [5.74, 6) is -0.311. The molecule has 0 unspecified atom stereocenters. The number of hydrogen-bond donors (Lipinski definition) is 0. The van der Waals surface area contributed by atoms with Crippen LogP contribution in [0.15, 0.2) is 66.7 Å². The van der Waals surface area contributed by atoms with Crippen molar-refractivity contribution in [3.8, 4) is 0 Å². The van der Waals surface area contributed by atoms with Gasteiger partial charge in [-0.25, -0.2) is 4.79 Å². The van der Waals surface area contributed by atoms with Crippen LogP contribution in [0, 0.1) is 0 Å². The van der Waals surface area contributed by atoms with Crippen molar-refractivity contribution in [2.24, 2.45) is 0 Å². The van der Waals surface area contributed by atoms with E-state index in [2.05, 4.69) is 30.3 Å². The lowest BCUT2D eigenvalue weighted by atomic mass is 9.97. The Morgan fingerprint density at radius 1 is 1.00 bits per heavy atom. The molecule has 3 rings (SSSR count). The maximum absolute atomic E-state index is 11.6. The molecule has 0 radical (unpaired) electrons. The van der Waals surface area contributed by atoms with Crippen molar-refractivity contribution in [2.75, 3.05) is 0 Å². The molecule has 104 valence electrons. The van der Waals surface area contributed by atoms with Gasteiger partial charge in [0.05, 0.1) is 0 Å². The molecule has 0 aromatic heterocycles. The fourth-order valence-electron chi connectivity index (χ4n) is 2.59. The highest BCUT2D eigenvalue weighted by molar-refractivity contribution is 6.02. The van der Waals surface area contributed by atoms with Gasteiger partial charge in [0.1, 0.15) is 6.61 Å². The van der Waals surface area contributed by atoms with Gasteiger partial charge in [0.2, 0.25) is 0 Å². The third-order valence-corrected chi connectivity index (χ3v) is 3.54. The first-order valence-electron chi connectivity index (χ1n) is 6.98. The number of ether oxygens (including phenoxy) is 1. The van der Waals surface area contributed by atoms with E-state index in [0.29, 0.717) is 0 Å². The summed E-state index contributed by atoms with van der Waals surface area (Å²) >= 11 is 0. The van der Waals surface area contributed by atoms with Crippen LogP contribution in [0.25, 0.3) is 21.5 Å². The standard InChI is InChI=1S/C19H16O2/c1-2-7-19(20)21-13-18-16-10-5-3-8-14(16)12-15-9-4-6-11-17(15)18/h2-12H,13H2,1H3/b7-2+. The molecule has 21 heavy (non-hydrogen) atoms. The minimum absolute atomic E-state index is 0.283. The fourth-order valence-corrected chi connectivity index (χ4v) is 2.59. The molecule has 0 bridgehead atoms. The largest absolute Gasteiger partial charge is 0.458 e. The van der Waals surface area contributed by atoms with Crippen molar-refractivity contribution in [1.29, 1.82) is 0 Å². The Labute approximate surface area is 123 Å². The number of rotatable bonds is 3. The van der Waals surface area contributed by atoms with Crippen LogP contribution in [0.1, 0.15) is 12.5 Å². The van der Waals surface area contributed by atoms with Crippen LogP contribution in [0.3, 0.4) is 0 Å². The number of esters is 1. The molecule has 0 saturated heterocycles. The molecule has 0 saturated carbocycles. The van der Waals surface area contributed by atoms with Crippen molar-refractivity contribution in [3.63, 3.8) is 0 Å². The lowest BCUT2D eigenvalue weighted by Crippen LogP contribution is -2.02. The second-order valence-corrected chi connectivity index (χ2v) is 4.91. The highest BCUT2D eigenvalue weighted by Crippen LogP contribution is 2.29. The van der Waals surface area contributed by atoms with Gasteiger partial charge in [-0.1, -0.05) is 54.6 Å². The molecule has 2 heteroatoms. The first-order valence-corrected chi connectivity index (χ1v) is 6.98. The van der Waals surface area contributed by atoms with E-state index >= 15 is 0 Å². The molecule has 0 aliphatic heterocycles. The number of allylic oxidation sites excluding steroid dienone is 1. The molecule has 0 amide bonds. The minimum atomic E-state index is -0.311. The van der Waals surface area contributed by atoms with Gasteiger partial charge >= 0.3 is 5.97 Å². The Morgan fingerprint density at radius 2 is 1.57 bits per heavy atom. The summed E-state index contributed by atoms with van der Waals surface area (Å²) < 4.78 is 5.36. The minimum Gasteiger partial charge on any atom is -0.458 e. The smallest absolute Gasteiger partial charge is 0.330 e. The van der Waals surface area contributed by atoms with Crippen molar-refractivity contribution >= 4 is 27.5 Å². The van der Waals surface area contributed by atoms with Gasteiger partial charge < -0.3 is 4.74 Å². The average Bonchev–Trinajstić information content (AvgIpc) is 2.51. The molecule has 0 atom stereocenters. The number of hydrogen-bond acceptors (Lipinski definition) is 2. The summed E-state index contributed by atoms with van der Waals surface area (Å²) in [7, 11) is 0. The van der Waals surface area contributed by atoms with E-state index in [-0.39, 0.29) is 12.6 Å². The van der Waals surface area contributed by atoms with Gasteiger partial charge in [-0.3, -0.25) is 0 Å². The fraction of sp³-hybridized carbons (Fsp3) is 0.105. The molecule has 3 aromatic carbocycles. The average molecular weight is 276 g/mol. The highest BCUT2D eigenvalue weighted by atomic mass is 16.5. The van der Waals surface area contributed by atoms with E-state index in [0.717, 1.165) is 27.1 Å². The lowest BCUT2D eigenvalue weighted by molar-refractivity contribution is -0.138. The SMILES string of the molecule is C/C=C/C(=O)OCc1c2ccccc2cc2ccccc12. The van der Waals surface area contributed by atoms with Gasteiger partial charge in [-0.2, -0.15) is 0 Å². The molecule has 0 aliphatic carbocycles. The second kappa shape index (κ2) is 5.80. The predicted octanol–water partition coefficient (Wildman–Crippen LogP) is 4.61. The molecular formula is C19H16O2.